The Hall–Kier alpha value is -1.79. The predicted molar refractivity (Wildman–Crippen MR) is 109 cm³/mol. The van der Waals surface area contributed by atoms with Gasteiger partial charge in [0.2, 0.25) is 5.91 Å². The van der Waals surface area contributed by atoms with Gasteiger partial charge in [0, 0.05) is 16.8 Å². The highest BCUT2D eigenvalue weighted by Crippen LogP contribution is 2.29. The number of benzene rings is 2. The van der Waals surface area contributed by atoms with Crippen LogP contribution in [0.3, 0.4) is 0 Å². The van der Waals surface area contributed by atoms with E-state index in [1.807, 2.05) is 6.92 Å². The number of carbonyl (C=O) groups is 1. The third-order valence-electron chi connectivity index (χ3n) is 3.96. The van der Waals surface area contributed by atoms with E-state index in [1.54, 1.807) is 12.1 Å². The summed E-state index contributed by atoms with van der Waals surface area (Å²) in [7, 11) is -3.30. The van der Waals surface area contributed by atoms with Crippen LogP contribution < -0.4 is 5.32 Å². The van der Waals surface area contributed by atoms with Crippen LogP contribution in [0.4, 0.5) is 5.69 Å². The molecule has 0 aliphatic heterocycles. The Labute approximate surface area is 160 Å². The third-order valence-corrected chi connectivity index (χ3v) is 6.23. The van der Waals surface area contributed by atoms with Gasteiger partial charge in [0.25, 0.3) is 0 Å². The number of nitrogens with one attached hydrogen (secondary N) is 1. The predicted octanol–water partition coefficient (Wildman–Crippen LogP) is 4.43. The van der Waals surface area contributed by atoms with Gasteiger partial charge in [0.05, 0.1) is 10.6 Å². The van der Waals surface area contributed by atoms with Gasteiger partial charge >= 0.3 is 0 Å². The number of hydrogen-bond acceptors (Lipinski definition) is 4. The van der Waals surface area contributed by atoms with Crippen LogP contribution in [-0.2, 0) is 20.0 Å². The molecule has 0 spiro atoms. The van der Waals surface area contributed by atoms with Crippen molar-refractivity contribution in [3.05, 3.63) is 53.6 Å². The molecule has 0 saturated heterocycles. The molecular formula is C20H25NO3S2. The largest absolute Gasteiger partial charge is 0.325 e. The molecule has 26 heavy (non-hydrogen) atoms. The molecule has 2 rings (SSSR count). The van der Waals surface area contributed by atoms with Crippen molar-refractivity contribution in [3.63, 3.8) is 0 Å². The molecule has 1 N–H and O–H groups in total. The van der Waals surface area contributed by atoms with E-state index < -0.39 is 9.84 Å². The van der Waals surface area contributed by atoms with Crippen LogP contribution in [0.5, 0.6) is 0 Å². The summed E-state index contributed by atoms with van der Waals surface area (Å²) in [5.41, 5.74) is 2.90. The van der Waals surface area contributed by atoms with Crippen molar-refractivity contribution < 1.29 is 13.2 Å². The van der Waals surface area contributed by atoms with Crippen molar-refractivity contribution in [3.8, 4) is 0 Å². The molecule has 6 heteroatoms. The fourth-order valence-electron chi connectivity index (χ4n) is 2.37. The summed E-state index contributed by atoms with van der Waals surface area (Å²) in [6, 6.07) is 12.6. The third kappa shape index (κ3) is 5.61. The van der Waals surface area contributed by atoms with E-state index in [0.29, 0.717) is 5.69 Å². The van der Waals surface area contributed by atoms with E-state index in [2.05, 4.69) is 44.3 Å². The van der Waals surface area contributed by atoms with Crippen LogP contribution in [0.15, 0.2) is 52.3 Å². The standard InChI is InChI=1S/C20H25NO3S2/c1-14-9-10-15(20(2,3)4)11-18(14)25-13-19(22)21-16-7-6-8-17(12-16)26(5,23)24/h6-12H,13H2,1-5H3,(H,21,22). The van der Waals surface area contributed by atoms with Gasteiger partial charge in [0.1, 0.15) is 0 Å². The first-order valence-corrected chi connectivity index (χ1v) is 11.2. The van der Waals surface area contributed by atoms with E-state index in [1.165, 1.54) is 29.5 Å². The summed E-state index contributed by atoms with van der Waals surface area (Å²) in [6.07, 6.45) is 1.15. The smallest absolute Gasteiger partial charge is 0.234 e. The first-order chi connectivity index (χ1) is 12.0. The number of sulfone groups is 1. The number of carbonyl (C=O) groups excluding carboxylic acids is 1. The van der Waals surface area contributed by atoms with Crippen molar-refractivity contribution in [1.29, 1.82) is 0 Å². The maximum atomic E-state index is 12.3. The van der Waals surface area contributed by atoms with Crippen LogP contribution in [0.25, 0.3) is 0 Å². The van der Waals surface area contributed by atoms with E-state index >= 15 is 0 Å². The van der Waals surface area contributed by atoms with Gasteiger partial charge in [-0.2, -0.15) is 0 Å². The SMILES string of the molecule is Cc1ccc(C(C)(C)C)cc1SCC(=O)Nc1cccc(S(C)(=O)=O)c1. The van der Waals surface area contributed by atoms with Gasteiger partial charge in [-0.05, 0) is 47.7 Å². The van der Waals surface area contributed by atoms with Crippen molar-refractivity contribution in [2.75, 3.05) is 17.3 Å². The zero-order chi connectivity index (χ0) is 19.5. The minimum Gasteiger partial charge on any atom is -0.325 e. The first kappa shape index (κ1) is 20.5. The van der Waals surface area contributed by atoms with Crippen LogP contribution >= 0.6 is 11.8 Å². The summed E-state index contributed by atoms with van der Waals surface area (Å²) < 4.78 is 23.2. The molecule has 0 bridgehead atoms. The highest BCUT2D eigenvalue weighted by molar-refractivity contribution is 8.00. The van der Waals surface area contributed by atoms with Gasteiger partial charge in [-0.1, -0.05) is 39.0 Å². The second-order valence-electron chi connectivity index (χ2n) is 7.37. The van der Waals surface area contributed by atoms with E-state index in [-0.39, 0.29) is 22.0 Å². The second-order valence-corrected chi connectivity index (χ2v) is 10.4. The molecule has 2 aromatic rings. The monoisotopic (exact) mass is 391 g/mol. The number of thioether (sulfide) groups is 1. The molecule has 4 nitrogen and oxygen atoms in total. The molecule has 2 aromatic carbocycles. The van der Waals surface area contributed by atoms with E-state index in [9.17, 15) is 13.2 Å². The molecular weight excluding hydrogens is 366 g/mol. The van der Waals surface area contributed by atoms with Gasteiger partial charge in [-0.15, -0.1) is 11.8 Å². The number of aryl methyl sites for hydroxylation is 1. The summed E-state index contributed by atoms with van der Waals surface area (Å²) in [5.74, 6) is 0.0959. The fraction of sp³-hybridized carbons (Fsp3) is 0.350. The second kappa shape index (κ2) is 7.84. The van der Waals surface area contributed by atoms with Crippen molar-refractivity contribution >= 4 is 33.2 Å². The van der Waals surface area contributed by atoms with E-state index in [0.717, 1.165) is 16.7 Å². The van der Waals surface area contributed by atoms with Gasteiger partial charge in [-0.3, -0.25) is 4.79 Å². The molecule has 0 atom stereocenters. The normalized spacial score (nSPS) is 12.0. The van der Waals surface area contributed by atoms with Crippen LogP contribution in [0.1, 0.15) is 31.9 Å². The first-order valence-electron chi connectivity index (χ1n) is 8.31. The average molecular weight is 392 g/mol. The highest BCUT2D eigenvalue weighted by atomic mass is 32.2. The molecule has 0 aromatic heterocycles. The Bertz CT molecular complexity index is 913. The summed E-state index contributed by atoms with van der Waals surface area (Å²) in [5, 5.41) is 2.76. The summed E-state index contributed by atoms with van der Waals surface area (Å²) >= 11 is 1.48. The van der Waals surface area contributed by atoms with Crippen LogP contribution in [-0.4, -0.2) is 26.3 Å². The van der Waals surface area contributed by atoms with Crippen molar-refractivity contribution in [2.45, 2.75) is 42.9 Å². The minimum atomic E-state index is -3.30. The topological polar surface area (TPSA) is 63.2 Å². The Kier molecular flexibility index (Phi) is 6.19. The van der Waals surface area contributed by atoms with Gasteiger partial charge in [0.15, 0.2) is 9.84 Å². The molecule has 0 unspecified atom stereocenters. The average Bonchev–Trinajstić information content (AvgIpc) is 2.52. The Morgan fingerprint density at radius 2 is 1.81 bits per heavy atom. The lowest BCUT2D eigenvalue weighted by atomic mass is 9.87. The lowest BCUT2D eigenvalue weighted by Crippen LogP contribution is -2.15. The van der Waals surface area contributed by atoms with Gasteiger partial charge in [-0.25, -0.2) is 8.42 Å². The Balaban J connectivity index is 2.06. The molecule has 0 heterocycles. The maximum Gasteiger partial charge on any atom is 0.234 e. The minimum absolute atomic E-state index is 0.0529. The number of hydrogen-bond donors (Lipinski definition) is 1. The lowest BCUT2D eigenvalue weighted by molar-refractivity contribution is -0.113. The Morgan fingerprint density at radius 3 is 2.42 bits per heavy atom. The quantitative estimate of drug-likeness (QED) is 0.766. The zero-order valence-electron chi connectivity index (χ0n) is 15.8. The van der Waals surface area contributed by atoms with Crippen molar-refractivity contribution in [1.82, 2.24) is 0 Å². The summed E-state index contributed by atoms with van der Waals surface area (Å²) in [6.45, 7) is 8.51. The van der Waals surface area contributed by atoms with Crippen LogP contribution in [0, 0.1) is 6.92 Å². The fourth-order valence-corrected chi connectivity index (χ4v) is 3.90. The molecule has 0 aliphatic carbocycles. The number of amides is 1. The molecule has 0 fully saturated rings. The lowest BCUT2D eigenvalue weighted by Gasteiger charge is -2.20. The van der Waals surface area contributed by atoms with Crippen molar-refractivity contribution in [2.24, 2.45) is 0 Å². The molecule has 0 radical (unpaired) electrons. The number of anilines is 1. The molecule has 0 aliphatic rings. The number of rotatable bonds is 5. The highest BCUT2D eigenvalue weighted by Gasteiger charge is 2.15. The van der Waals surface area contributed by atoms with E-state index in [4.69, 9.17) is 0 Å². The molecule has 0 saturated carbocycles. The summed E-state index contributed by atoms with van der Waals surface area (Å²) in [4.78, 5) is 13.5. The van der Waals surface area contributed by atoms with Crippen LogP contribution in [0.2, 0.25) is 0 Å². The molecule has 1 amide bonds. The zero-order valence-corrected chi connectivity index (χ0v) is 17.4. The maximum absolute atomic E-state index is 12.3. The Morgan fingerprint density at radius 1 is 1.12 bits per heavy atom. The molecule has 140 valence electrons. The van der Waals surface area contributed by atoms with Gasteiger partial charge < -0.3 is 5.32 Å².